The van der Waals surface area contributed by atoms with Gasteiger partial charge in [0, 0.05) is 16.8 Å². The van der Waals surface area contributed by atoms with Gasteiger partial charge in [-0.15, -0.1) is 0 Å². The first-order chi connectivity index (χ1) is 13.0. The van der Waals surface area contributed by atoms with Crippen molar-refractivity contribution in [2.75, 3.05) is 7.11 Å². The van der Waals surface area contributed by atoms with E-state index in [-0.39, 0.29) is 22.7 Å². The Morgan fingerprint density at radius 2 is 1.63 bits per heavy atom. The summed E-state index contributed by atoms with van der Waals surface area (Å²) in [5, 5.41) is 21.3. The average molecular weight is 364 g/mol. The fraction of sp³-hybridized carbons (Fsp3) is 0.0476. The zero-order chi connectivity index (χ0) is 19.4. The van der Waals surface area contributed by atoms with Crippen LogP contribution in [0.1, 0.15) is 10.4 Å². The SMILES string of the molecule is COC(=O)c1cc2cccc(O)c2cc1O.O=c1ccc2ccccc2o1. The van der Waals surface area contributed by atoms with Crippen molar-refractivity contribution in [3.05, 3.63) is 82.7 Å². The molecule has 0 saturated carbocycles. The van der Waals surface area contributed by atoms with Crippen LogP contribution in [0.15, 0.2) is 75.9 Å². The van der Waals surface area contributed by atoms with Crippen molar-refractivity contribution in [3.8, 4) is 11.5 Å². The van der Waals surface area contributed by atoms with Crippen LogP contribution in [0.2, 0.25) is 0 Å². The number of phenolic OH excluding ortho intramolecular Hbond substituents is 2. The van der Waals surface area contributed by atoms with Crippen molar-refractivity contribution in [3.63, 3.8) is 0 Å². The lowest BCUT2D eigenvalue weighted by Crippen LogP contribution is -2.01. The van der Waals surface area contributed by atoms with Crippen LogP contribution in [0.4, 0.5) is 0 Å². The number of phenols is 2. The van der Waals surface area contributed by atoms with Gasteiger partial charge in [-0.05, 0) is 35.7 Å². The molecular formula is C21H16O6. The van der Waals surface area contributed by atoms with Crippen LogP contribution < -0.4 is 5.63 Å². The second kappa shape index (κ2) is 7.61. The molecule has 3 aromatic carbocycles. The van der Waals surface area contributed by atoms with Crippen LogP contribution in [-0.4, -0.2) is 23.3 Å². The third-order valence-electron chi connectivity index (χ3n) is 3.91. The summed E-state index contributed by atoms with van der Waals surface area (Å²) in [5.74, 6) is -0.757. The molecule has 0 unspecified atom stereocenters. The Morgan fingerprint density at radius 1 is 0.889 bits per heavy atom. The number of ether oxygens (including phenoxy) is 1. The highest BCUT2D eigenvalue weighted by atomic mass is 16.5. The molecule has 0 aliphatic rings. The molecule has 0 fully saturated rings. The Bertz CT molecular complexity index is 1180. The fourth-order valence-corrected chi connectivity index (χ4v) is 2.58. The predicted molar refractivity (Wildman–Crippen MR) is 101 cm³/mol. The lowest BCUT2D eigenvalue weighted by Gasteiger charge is -2.06. The minimum Gasteiger partial charge on any atom is -0.507 e. The van der Waals surface area contributed by atoms with Gasteiger partial charge in [-0.25, -0.2) is 9.59 Å². The van der Waals surface area contributed by atoms with Crippen LogP contribution in [0, 0.1) is 0 Å². The van der Waals surface area contributed by atoms with E-state index in [9.17, 15) is 19.8 Å². The first-order valence-electron chi connectivity index (χ1n) is 8.01. The second-order valence-corrected chi connectivity index (χ2v) is 5.65. The molecule has 0 atom stereocenters. The number of esters is 1. The fourth-order valence-electron chi connectivity index (χ4n) is 2.58. The summed E-state index contributed by atoms with van der Waals surface area (Å²) in [5.41, 5.74) is 0.421. The van der Waals surface area contributed by atoms with Crippen molar-refractivity contribution in [1.29, 1.82) is 0 Å². The number of fused-ring (bicyclic) bond motifs is 2. The van der Waals surface area contributed by atoms with Gasteiger partial charge >= 0.3 is 11.6 Å². The quantitative estimate of drug-likeness (QED) is 0.394. The maximum absolute atomic E-state index is 11.3. The number of hydrogen-bond donors (Lipinski definition) is 2. The average Bonchev–Trinajstić information content (AvgIpc) is 2.68. The van der Waals surface area contributed by atoms with Crippen molar-refractivity contribution >= 4 is 27.7 Å². The van der Waals surface area contributed by atoms with Gasteiger partial charge < -0.3 is 19.4 Å². The minimum atomic E-state index is -0.609. The molecule has 0 saturated heterocycles. The monoisotopic (exact) mass is 364 g/mol. The highest BCUT2D eigenvalue weighted by Gasteiger charge is 2.13. The predicted octanol–water partition coefficient (Wildman–Crippen LogP) is 3.83. The Balaban J connectivity index is 0.000000166. The zero-order valence-electron chi connectivity index (χ0n) is 14.4. The van der Waals surface area contributed by atoms with Crippen molar-refractivity contribution in [1.82, 2.24) is 0 Å². The van der Waals surface area contributed by atoms with E-state index < -0.39 is 5.97 Å². The van der Waals surface area contributed by atoms with E-state index in [0.717, 1.165) is 5.39 Å². The van der Waals surface area contributed by atoms with E-state index in [1.54, 1.807) is 24.3 Å². The van der Waals surface area contributed by atoms with Crippen LogP contribution >= 0.6 is 0 Å². The Morgan fingerprint density at radius 3 is 2.41 bits per heavy atom. The Hall–Kier alpha value is -3.80. The molecule has 2 N–H and O–H groups in total. The molecule has 1 heterocycles. The van der Waals surface area contributed by atoms with Crippen molar-refractivity contribution in [2.45, 2.75) is 0 Å². The van der Waals surface area contributed by atoms with Gasteiger partial charge in [-0.2, -0.15) is 0 Å². The van der Waals surface area contributed by atoms with Crippen molar-refractivity contribution < 1.29 is 24.2 Å². The summed E-state index contributed by atoms with van der Waals surface area (Å²) in [6.07, 6.45) is 0. The summed E-state index contributed by atoms with van der Waals surface area (Å²) < 4.78 is 9.44. The number of carbonyl (C=O) groups excluding carboxylic acids is 1. The van der Waals surface area contributed by atoms with E-state index in [2.05, 4.69) is 4.74 Å². The molecule has 0 radical (unpaired) electrons. The lowest BCUT2D eigenvalue weighted by atomic mass is 10.1. The molecule has 6 nitrogen and oxygen atoms in total. The lowest BCUT2D eigenvalue weighted by molar-refractivity contribution is 0.0597. The van der Waals surface area contributed by atoms with Gasteiger partial charge in [0.2, 0.25) is 0 Å². The first kappa shape index (κ1) is 18.0. The molecule has 4 aromatic rings. The van der Waals surface area contributed by atoms with E-state index in [1.165, 1.54) is 31.4 Å². The molecule has 4 rings (SSSR count). The number of rotatable bonds is 1. The first-order valence-corrected chi connectivity index (χ1v) is 8.01. The molecule has 0 spiro atoms. The molecule has 0 aliphatic carbocycles. The largest absolute Gasteiger partial charge is 0.507 e. The van der Waals surface area contributed by atoms with Crippen LogP contribution in [0.25, 0.3) is 21.7 Å². The second-order valence-electron chi connectivity index (χ2n) is 5.65. The molecule has 0 amide bonds. The molecule has 1 aromatic heterocycles. The van der Waals surface area contributed by atoms with E-state index >= 15 is 0 Å². The summed E-state index contributed by atoms with van der Waals surface area (Å²) in [6, 6.07) is 18.3. The van der Waals surface area contributed by atoms with E-state index in [4.69, 9.17) is 4.42 Å². The van der Waals surface area contributed by atoms with Gasteiger partial charge in [0.15, 0.2) is 0 Å². The molecule has 0 aliphatic heterocycles. The molecule has 6 heteroatoms. The van der Waals surface area contributed by atoms with Gasteiger partial charge in [-0.3, -0.25) is 0 Å². The standard InChI is InChI=1S/C12H10O4.C9H6O2/c1-16-12(15)9-5-7-3-2-4-10(13)8(7)6-11(9)14;10-9-6-5-7-3-1-2-4-8(7)11-9/h2-6,13-14H,1H3;1-6H. The van der Waals surface area contributed by atoms with Gasteiger partial charge in [0.25, 0.3) is 0 Å². The zero-order valence-corrected chi connectivity index (χ0v) is 14.4. The minimum absolute atomic E-state index is 0.0595. The summed E-state index contributed by atoms with van der Waals surface area (Å²) >= 11 is 0. The molecular weight excluding hydrogens is 348 g/mol. The Labute approximate surface area is 153 Å². The third-order valence-corrected chi connectivity index (χ3v) is 3.91. The highest BCUT2D eigenvalue weighted by Crippen LogP contribution is 2.30. The van der Waals surface area contributed by atoms with Crippen LogP contribution in [0.5, 0.6) is 11.5 Å². The third kappa shape index (κ3) is 3.90. The van der Waals surface area contributed by atoms with E-state index in [0.29, 0.717) is 16.4 Å². The highest BCUT2D eigenvalue weighted by molar-refractivity contribution is 6.00. The maximum Gasteiger partial charge on any atom is 0.341 e. The number of methoxy groups -OCH3 is 1. The van der Waals surface area contributed by atoms with Crippen LogP contribution in [0.3, 0.4) is 0 Å². The van der Waals surface area contributed by atoms with Crippen LogP contribution in [-0.2, 0) is 4.74 Å². The van der Waals surface area contributed by atoms with E-state index in [1.807, 2.05) is 18.2 Å². The van der Waals surface area contributed by atoms with Gasteiger partial charge in [0.1, 0.15) is 22.6 Å². The number of aromatic hydroxyl groups is 2. The number of para-hydroxylation sites is 1. The Kier molecular flexibility index (Phi) is 5.08. The number of hydrogen-bond acceptors (Lipinski definition) is 6. The smallest absolute Gasteiger partial charge is 0.341 e. The summed E-state index contributed by atoms with van der Waals surface area (Å²) in [4.78, 5) is 22.0. The normalized spacial score (nSPS) is 10.3. The topological polar surface area (TPSA) is 97.0 Å². The van der Waals surface area contributed by atoms with Crippen molar-refractivity contribution in [2.24, 2.45) is 0 Å². The number of carbonyl (C=O) groups is 1. The molecule has 0 bridgehead atoms. The molecule has 27 heavy (non-hydrogen) atoms. The van der Waals surface area contributed by atoms with Gasteiger partial charge in [-0.1, -0.05) is 30.3 Å². The maximum atomic E-state index is 11.3. The summed E-state index contributed by atoms with van der Waals surface area (Å²) in [7, 11) is 1.24. The van der Waals surface area contributed by atoms with Gasteiger partial charge in [0.05, 0.1) is 7.11 Å². The molecule has 136 valence electrons. The summed E-state index contributed by atoms with van der Waals surface area (Å²) in [6.45, 7) is 0. The number of benzene rings is 3.